The van der Waals surface area contributed by atoms with Gasteiger partial charge in [0.2, 0.25) is 5.91 Å². The van der Waals surface area contributed by atoms with Gasteiger partial charge in [-0.3, -0.25) is 4.79 Å². The maximum Gasteiger partial charge on any atom is 0.337 e. The monoisotopic (exact) mass is 377 g/mol. The summed E-state index contributed by atoms with van der Waals surface area (Å²) in [6, 6.07) is 7.19. The van der Waals surface area contributed by atoms with Gasteiger partial charge in [-0.1, -0.05) is 43.0 Å². The molecule has 4 rings (SSSR count). The Labute approximate surface area is 161 Å². The van der Waals surface area contributed by atoms with Crippen molar-refractivity contribution in [2.45, 2.75) is 12.3 Å². The van der Waals surface area contributed by atoms with Gasteiger partial charge in [0.1, 0.15) is 12.3 Å². The van der Waals surface area contributed by atoms with Gasteiger partial charge in [-0.25, -0.2) is 4.79 Å². The number of nitrogen functional groups attached to an aromatic ring is 1. The number of rotatable bonds is 5. The average Bonchev–Trinajstić information content (AvgIpc) is 3.26. The number of hydrogen-bond donors (Lipinski definition) is 1. The summed E-state index contributed by atoms with van der Waals surface area (Å²) in [4.78, 5) is 32.6. The standard InChI is InChI=1S/C21H19N3O4/c1-4-10-24-12(3)15(18(25)27-11-5-2)21(19(24)26)14-9-7-6-8-13(14)16-17(21)23-20(22)28-16/h4-9H,1-2,10-11H2,3H3,(H2,22,23). The maximum atomic E-state index is 13.7. The minimum Gasteiger partial charge on any atom is -0.458 e. The lowest BCUT2D eigenvalue weighted by molar-refractivity contribution is -0.140. The third-order valence-corrected chi connectivity index (χ3v) is 5.13. The molecule has 1 aromatic carbocycles. The molecule has 2 aromatic rings. The summed E-state index contributed by atoms with van der Waals surface area (Å²) in [5.74, 6) is -0.528. The number of benzene rings is 1. The van der Waals surface area contributed by atoms with Crippen LogP contribution in [-0.2, 0) is 19.7 Å². The molecule has 2 N–H and O–H groups in total. The molecule has 0 saturated heterocycles. The number of carbonyl (C=O) groups is 2. The smallest absolute Gasteiger partial charge is 0.337 e. The molecule has 2 aliphatic rings. The van der Waals surface area contributed by atoms with Crippen LogP contribution < -0.4 is 5.73 Å². The van der Waals surface area contributed by atoms with E-state index in [0.717, 1.165) is 0 Å². The van der Waals surface area contributed by atoms with Crippen LogP contribution >= 0.6 is 0 Å². The molecule has 1 aromatic heterocycles. The highest BCUT2D eigenvalue weighted by Gasteiger charge is 2.63. The number of nitrogens with zero attached hydrogens (tertiary/aromatic N) is 2. The topological polar surface area (TPSA) is 98.7 Å². The lowest BCUT2D eigenvalue weighted by Gasteiger charge is -2.26. The highest BCUT2D eigenvalue weighted by atomic mass is 16.5. The lowest BCUT2D eigenvalue weighted by atomic mass is 9.74. The predicted molar refractivity (Wildman–Crippen MR) is 103 cm³/mol. The fourth-order valence-electron chi connectivity index (χ4n) is 4.10. The van der Waals surface area contributed by atoms with E-state index in [2.05, 4.69) is 18.1 Å². The minimum atomic E-state index is -1.46. The van der Waals surface area contributed by atoms with Gasteiger partial charge in [0, 0.05) is 17.8 Å². The van der Waals surface area contributed by atoms with Gasteiger partial charge < -0.3 is 19.8 Å². The van der Waals surface area contributed by atoms with Gasteiger partial charge in [-0.2, -0.15) is 4.98 Å². The van der Waals surface area contributed by atoms with E-state index in [-0.39, 0.29) is 30.6 Å². The summed E-state index contributed by atoms with van der Waals surface area (Å²) in [5.41, 5.74) is 6.66. The zero-order valence-electron chi connectivity index (χ0n) is 15.4. The van der Waals surface area contributed by atoms with Gasteiger partial charge in [0.25, 0.3) is 6.01 Å². The van der Waals surface area contributed by atoms with Gasteiger partial charge >= 0.3 is 5.97 Å². The summed E-state index contributed by atoms with van der Waals surface area (Å²) in [5, 5.41) is 0. The third kappa shape index (κ3) is 2.07. The van der Waals surface area contributed by atoms with Crippen molar-refractivity contribution in [3.05, 3.63) is 72.1 Å². The summed E-state index contributed by atoms with van der Waals surface area (Å²) in [7, 11) is 0. The van der Waals surface area contributed by atoms with Crippen LogP contribution in [0, 0.1) is 0 Å². The molecular weight excluding hydrogens is 358 g/mol. The third-order valence-electron chi connectivity index (χ3n) is 5.13. The lowest BCUT2D eigenvalue weighted by Crippen LogP contribution is -2.42. The number of aromatic nitrogens is 1. The van der Waals surface area contributed by atoms with E-state index in [9.17, 15) is 9.59 Å². The first-order valence-corrected chi connectivity index (χ1v) is 8.77. The largest absolute Gasteiger partial charge is 0.458 e. The number of oxazole rings is 1. The van der Waals surface area contributed by atoms with Crippen LogP contribution in [0.3, 0.4) is 0 Å². The fourth-order valence-corrected chi connectivity index (χ4v) is 4.10. The van der Waals surface area contributed by atoms with Crippen molar-refractivity contribution in [1.29, 1.82) is 0 Å². The molecule has 7 heteroatoms. The zero-order chi connectivity index (χ0) is 20.1. The molecule has 28 heavy (non-hydrogen) atoms. The molecule has 1 aliphatic carbocycles. The van der Waals surface area contributed by atoms with Crippen molar-refractivity contribution in [1.82, 2.24) is 9.88 Å². The van der Waals surface area contributed by atoms with E-state index in [0.29, 0.717) is 28.3 Å². The molecule has 0 radical (unpaired) electrons. The number of allylic oxidation sites excluding steroid dienone is 1. The Kier molecular flexibility index (Phi) is 3.96. The zero-order valence-corrected chi connectivity index (χ0v) is 15.4. The number of fused-ring (bicyclic) bond motifs is 5. The van der Waals surface area contributed by atoms with Crippen LogP contribution in [0.4, 0.5) is 6.01 Å². The molecule has 1 unspecified atom stereocenters. The van der Waals surface area contributed by atoms with E-state index in [1.807, 2.05) is 12.1 Å². The number of nitrogens with two attached hydrogens (primary N) is 1. The predicted octanol–water partition coefficient (Wildman–Crippen LogP) is 2.55. The van der Waals surface area contributed by atoms with Crippen LogP contribution in [0.5, 0.6) is 0 Å². The van der Waals surface area contributed by atoms with Crippen molar-refractivity contribution < 1.29 is 18.7 Å². The molecule has 1 amide bonds. The summed E-state index contributed by atoms with van der Waals surface area (Å²) in [6.45, 7) is 9.28. The van der Waals surface area contributed by atoms with Crippen molar-refractivity contribution in [3.63, 3.8) is 0 Å². The second kappa shape index (κ2) is 6.23. The molecule has 1 spiro atoms. The Morgan fingerprint density at radius 2 is 2.11 bits per heavy atom. The van der Waals surface area contributed by atoms with Crippen molar-refractivity contribution >= 4 is 17.9 Å². The maximum absolute atomic E-state index is 13.7. The normalized spacial score (nSPS) is 19.8. The van der Waals surface area contributed by atoms with Crippen LogP contribution in [0.2, 0.25) is 0 Å². The van der Waals surface area contributed by atoms with E-state index in [1.54, 1.807) is 25.1 Å². The molecule has 1 atom stereocenters. The molecule has 0 saturated carbocycles. The van der Waals surface area contributed by atoms with Crippen LogP contribution in [-0.4, -0.2) is 34.9 Å². The Morgan fingerprint density at radius 3 is 2.82 bits per heavy atom. The average molecular weight is 377 g/mol. The van der Waals surface area contributed by atoms with E-state index in [4.69, 9.17) is 14.9 Å². The molecule has 2 heterocycles. The highest BCUT2D eigenvalue weighted by molar-refractivity contribution is 6.14. The summed E-state index contributed by atoms with van der Waals surface area (Å²) in [6.07, 6.45) is 3.08. The van der Waals surface area contributed by atoms with E-state index in [1.165, 1.54) is 11.0 Å². The SMILES string of the molecule is C=CCOC(=O)C1=C(C)N(CC=C)C(=O)C12c1ccccc1-c1oc(N)nc12. The summed E-state index contributed by atoms with van der Waals surface area (Å²) < 4.78 is 10.9. The number of carbonyl (C=O) groups excluding carboxylic acids is 2. The number of ether oxygens (including phenoxy) is 1. The van der Waals surface area contributed by atoms with E-state index < -0.39 is 11.4 Å². The number of esters is 1. The van der Waals surface area contributed by atoms with Gasteiger partial charge in [-0.15, -0.1) is 6.58 Å². The van der Waals surface area contributed by atoms with Gasteiger partial charge in [-0.05, 0) is 12.5 Å². The Balaban J connectivity index is 2.05. The number of amides is 1. The Hall–Kier alpha value is -3.61. The van der Waals surface area contributed by atoms with E-state index >= 15 is 0 Å². The van der Waals surface area contributed by atoms with Crippen LogP contribution in [0.25, 0.3) is 11.3 Å². The first kappa shape index (κ1) is 17.8. The van der Waals surface area contributed by atoms with Gasteiger partial charge in [0.05, 0.1) is 5.57 Å². The van der Waals surface area contributed by atoms with Crippen molar-refractivity contribution in [2.24, 2.45) is 0 Å². The first-order chi connectivity index (χ1) is 13.5. The summed E-state index contributed by atoms with van der Waals surface area (Å²) >= 11 is 0. The minimum absolute atomic E-state index is 0.0246. The van der Waals surface area contributed by atoms with Crippen molar-refractivity contribution in [3.8, 4) is 11.3 Å². The Bertz CT molecular complexity index is 1070. The first-order valence-electron chi connectivity index (χ1n) is 8.77. The molecule has 142 valence electrons. The van der Waals surface area contributed by atoms with Gasteiger partial charge in [0.15, 0.2) is 11.2 Å². The molecule has 7 nitrogen and oxygen atoms in total. The van der Waals surface area contributed by atoms with Crippen LogP contribution in [0.1, 0.15) is 18.2 Å². The molecule has 1 aliphatic heterocycles. The number of hydrogen-bond acceptors (Lipinski definition) is 6. The highest BCUT2D eigenvalue weighted by Crippen LogP contribution is 2.57. The molecular formula is C21H19N3O4. The van der Waals surface area contributed by atoms with Crippen molar-refractivity contribution in [2.75, 3.05) is 18.9 Å². The second-order valence-corrected chi connectivity index (χ2v) is 6.58. The Morgan fingerprint density at radius 1 is 1.36 bits per heavy atom. The second-order valence-electron chi connectivity index (χ2n) is 6.58. The molecule has 0 fully saturated rings. The fraction of sp³-hybridized carbons (Fsp3) is 0.190. The molecule has 0 bridgehead atoms. The quantitative estimate of drug-likeness (QED) is 0.635. The van der Waals surface area contributed by atoms with Crippen LogP contribution in [0.15, 0.2) is 65.3 Å². The number of anilines is 1.